The Balaban J connectivity index is 1.53. The van der Waals surface area contributed by atoms with E-state index in [1.54, 1.807) is 29.1 Å². The Morgan fingerprint density at radius 3 is 2.68 bits per heavy atom. The number of carbonyl (C=O) groups is 1. The zero-order valence-electron chi connectivity index (χ0n) is 15.2. The van der Waals surface area contributed by atoms with Gasteiger partial charge >= 0.3 is 0 Å². The molecule has 0 unspecified atom stereocenters. The first kappa shape index (κ1) is 17.6. The first-order valence-electron chi connectivity index (χ1n) is 8.83. The lowest BCUT2D eigenvalue weighted by molar-refractivity contribution is -0.116. The van der Waals surface area contributed by atoms with Gasteiger partial charge in [0, 0.05) is 19.2 Å². The third-order valence-electron chi connectivity index (χ3n) is 4.35. The van der Waals surface area contributed by atoms with Crippen LogP contribution in [0, 0.1) is 6.92 Å². The molecule has 3 aromatic heterocycles. The molecule has 4 rings (SSSR count). The second kappa shape index (κ2) is 7.43. The van der Waals surface area contributed by atoms with E-state index in [0.717, 1.165) is 11.3 Å². The molecule has 1 amide bonds. The van der Waals surface area contributed by atoms with E-state index in [1.807, 2.05) is 31.2 Å². The van der Waals surface area contributed by atoms with Gasteiger partial charge in [-0.25, -0.2) is 14.6 Å². The highest BCUT2D eigenvalue weighted by Gasteiger charge is 2.12. The van der Waals surface area contributed by atoms with Crippen molar-refractivity contribution < 1.29 is 4.79 Å². The predicted octanol–water partition coefficient (Wildman–Crippen LogP) is 2.31. The molecule has 4 aromatic rings. The maximum Gasteiger partial charge on any atom is 0.264 e. The Morgan fingerprint density at radius 1 is 1.11 bits per heavy atom. The Morgan fingerprint density at radius 2 is 1.93 bits per heavy atom. The number of carbonyl (C=O) groups excluding carboxylic acids is 1. The SMILES string of the molecule is Cc1ccc(-n2ncc3c(=O)n(CCC(=O)Nc4ccccn4)cnc32)cc1. The van der Waals surface area contributed by atoms with Crippen LogP contribution < -0.4 is 10.9 Å². The Bertz CT molecular complexity index is 1180. The zero-order chi connectivity index (χ0) is 19.5. The van der Waals surface area contributed by atoms with Crippen LogP contribution >= 0.6 is 0 Å². The fourth-order valence-corrected chi connectivity index (χ4v) is 2.85. The first-order chi connectivity index (χ1) is 13.6. The van der Waals surface area contributed by atoms with Crippen LogP contribution in [0.15, 0.2) is 66.0 Å². The largest absolute Gasteiger partial charge is 0.311 e. The van der Waals surface area contributed by atoms with E-state index in [-0.39, 0.29) is 24.4 Å². The van der Waals surface area contributed by atoms with Crippen molar-refractivity contribution in [1.82, 2.24) is 24.3 Å². The molecule has 140 valence electrons. The molecule has 1 aromatic carbocycles. The lowest BCUT2D eigenvalue weighted by Gasteiger charge is -2.07. The van der Waals surface area contributed by atoms with Crippen molar-refractivity contribution in [2.75, 3.05) is 5.32 Å². The summed E-state index contributed by atoms with van der Waals surface area (Å²) in [5, 5.41) is 7.41. The second-order valence-electron chi connectivity index (χ2n) is 6.39. The number of pyridine rings is 1. The highest BCUT2D eigenvalue weighted by Crippen LogP contribution is 2.14. The van der Waals surface area contributed by atoms with Crippen LogP contribution in [0.3, 0.4) is 0 Å². The van der Waals surface area contributed by atoms with E-state index in [2.05, 4.69) is 20.4 Å². The Kier molecular flexibility index (Phi) is 4.67. The molecule has 0 aliphatic rings. The average molecular weight is 374 g/mol. The van der Waals surface area contributed by atoms with Crippen molar-refractivity contribution in [3.63, 3.8) is 0 Å². The van der Waals surface area contributed by atoms with Gasteiger partial charge in [0.15, 0.2) is 5.65 Å². The summed E-state index contributed by atoms with van der Waals surface area (Å²) in [6.45, 7) is 2.22. The first-order valence-corrected chi connectivity index (χ1v) is 8.83. The van der Waals surface area contributed by atoms with Gasteiger partial charge in [0.1, 0.15) is 11.2 Å². The number of nitrogens with one attached hydrogen (secondary N) is 1. The lowest BCUT2D eigenvalue weighted by Crippen LogP contribution is -2.23. The third-order valence-corrected chi connectivity index (χ3v) is 4.35. The van der Waals surface area contributed by atoms with Crippen LogP contribution in [0.2, 0.25) is 0 Å². The summed E-state index contributed by atoms with van der Waals surface area (Å²) in [6, 6.07) is 13.1. The molecule has 0 aliphatic heterocycles. The second-order valence-corrected chi connectivity index (χ2v) is 6.39. The molecule has 1 N–H and O–H groups in total. The van der Waals surface area contributed by atoms with Crippen LogP contribution in [-0.2, 0) is 11.3 Å². The van der Waals surface area contributed by atoms with Gasteiger partial charge in [-0.1, -0.05) is 23.8 Å². The molecule has 0 spiro atoms. The van der Waals surface area contributed by atoms with E-state index in [1.165, 1.54) is 17.1 Å². The summed E-state index contributed by atoms with van der Waals surface area (Å²) in [4.78, 5) is 33.2. The minimum atomic E-state index is -0.228. The van der Waals surface area contributed by atoms with Crippen molar-refractivity contribution in [2.45, 2.75) is 19.9 Å². The molecule has 0 saturated heterocycles. The third kappa shape index (κ3) is 3.52. The highest BCUT2D eigenvalue weighted by molar-refractivity contribution is 5.89. The molecule has 0 radical (unpaired) electrons. The number of hydrogen-bond donors (Lipinski definition) is 1. The van der Waals surface area contributed by atoms with Gasteiger partial charge in [-0.05, 0) is 31.2 Å². The molecule has 28 heavy (non-hydrogen) atoms. The summed E-state index contributed by atoms with van der Waals surface area (Å²) < 4.78 is 3.05. The van der Waals surface area contributed by atoms with Crippen molar-refractivity contribution >= 4 is 22.8 Å². The van der Waals surface area contributed by atoms with Crippen LogP contribution in [0.4, 0.5) is 5.82 Å². The van der Waals surface area contributed by atoms with E-state index in [4.69, 9.17) is 0 Å². The monoisotopic (exact) mass is 374 g/mol. The predicted molar refractivity (Wildman–Crippen MR) is 105 cm³/mol. The number of hydrogen-bond acceptors (Lipinski definition) is 5. The molecule has 0 saturated carbocycles. The van der Waals surface area contributed by atoms with Gasteiger partial charge in [-0.15, -0.1) is 0 Å². The van der Waals surface area contributed by atoms with Gasteiger partial charge < -0.3 is 5.32 Å². The lowest BCUT2D eigenvalue weighted by atomic mass is 10.2. The van der Waals surface area contributed by atoms with Crippen molar-refractivity contribution in [3.05, 3.63) is 77.1 Å². The number of fused-ring (bicyclic) bond motifs is 1. The summed E-state index contributed by atoms with van der Waals surface area (Å²) >= 11 is 0. The van der Waals surface area contributed by atoms with E-state index >= 15 is 0 Å². The minimum absolute atomic E-state index is 0.135. The summed E-state index contributed by atoms with van der Waals surface area (Å²) in [5.41, 5.74) is 2.23. The van der Waals surface area contributed by atoms with Gasteiger partial charge in [0.05, 0.1) is 18.2 Å². The fourth-order valence-electron chi connectivity index (χ4n) is 2.85. The van der Waals surface area contributed by atoms with Gasteiger partial charge in [0.25, 0.3) is 5.56 Å². The molecular weight excluding hydrogens is 356 g/mol. The highest BCUT2D eigenvalue weighted by atomic mass is 16.2. The summed E-state index contributed by atoms with van der Waals surface area (Å²) in [5.74, 6) is 0.258. The van der Waals surface area contributed by atoms with Gasteiger partial charge in [-0.2, -0.15) is 5.10 Å². The van der Waals surface area contributed by atoms with Crippen LogP contribution in [-0.4, -0.2) is 30.2 Å². The van der Waals surface area contributed by atoms with Crippen molar-refractivity contribution in [1.29, 1.82) is 0 Å². The van der Waals surface area contributed by atoms with Gasteiger partial charge in [0.2, 0.25) is 5.91 Å². The smallest absolute Gasteiger partial charge is 0.264 e. The molecule has 0 atom stereocenters. The molecule has 8 nitrogen and oxygen atoms in total. The Hall–Kier alpha value is -3.81. The van der Waals surface area contributed by atoms with E-state index in [9.17, 15) is 9.59 Å². The average Bonchev–Trinajstić information content (AvgIpc) is 3.14. The molecule has 0 aliphatic carbocycles. The quantitative estimate of drug-likeness (QED) is 0.578. The number of anilines is 1. The van der Waals surface area contributed by atoms with Crippen LogP contribution in [0.5, 0.6) is 0 Å². The van der Waals surface area contributed by atoms with Crippen molar-refractivity contribution in [3.8, 4) is 5.69 Å². The molecular formula is C20H18N6O2. The standard InChI is InChI=1S/C20H18N6O2/c1-14-5-7-15(8-6-14)26-19-16(12-23-26)20(28)25(13-22-19)11-9-18(27)24-17-4-2-3-10-21-17/h2-8,10,12-13H,9,11H2,1H3,(H,21,24,27). The Labute approximate surface area is 160 Å². The maximum absolute atomic E-state index is 12.7. The number of amides is 1. The molecule has 0 fully saturated rings. The van der Waals surface area contributed by atoms with E-state index in [0.29, 0.717) is 16.9 Å². The molecule has 0 bridgehead atoms. The number of aromatic nitrogens is 5. The van der Waals surface area contributed by atoms with Crippen LogP contribution in [0.25, 0.3) is 16.7 Å². The van der Waals surface area contributed by atoms with Gasteiger partial charge in [-0.3, -0.25) is 14.2 Å². The van der Waals surface area contributed by atoms with E-state index < -0.39 is 0 Å². The van der Waals surface area contributed by atoms with Crippen LogP contribution in [0.1, 0.15) is 12.0 Å². The minimum Gasteiger partial charge on any atom is -0.311 e. The number of rotatable bonds is 5. The maximum atomic E-state index is 12.7. The normalized spacial score (nSPS) is 10.9. The fraction of sp³-hybridized carbons (Fsp3) is 0.150. The van der Waals surface area contributed by atoms with Crippen molar-refractivity contribution in [2.24, 2.45) is 0 Å². The summed E-state index contributed by atoms with van der Waals surface area (Å²) in [7, 11) is 0. The topological polar surface area (TPSA) is 94.7 Å². The molecule has 8 heteroatoms. The number of aryl methyl sites for hydroxylation is 2. The summed E-state index contributed by atoms with van der Waals surface area (Å²) in [6.07, 6.45) is 4.69. The zero-order valence-corrected chi connectivity index (χ0v) is 15.2. The number of nitrogens with zero attached hydrogens (tertiary/aromatic N) is 5. The molecule has 3 heterocycles. The number of benzene rings is 1.